The van der Waals surface area contributed by atoms with E-state index in [4.69, 9.17) is 4.98 Å². The molecule has 1 atom stereocenters. The molecule has 1 aromatic heterocycles. The van der Waals surface area contributed by atoms with Crippen molar-refractivity contribution in [3.63, 3.8) is 0 Å². The second-order valence-corrected chi connectivity index (χ2v) is 10.3. The lowest BCUT2D eigenvalue weighted by Crippen LogP contribution is -2.29. The maximum Gasteiger partial charge on any atom is 0.254 e. The molecule has 34 heavy (non-hydrogen) atoms. The number of hydrogen-bond donors (Lipinski definition) is 2. The molecule has 7 heteroatoms. The number of hydrogen-bond acceptors (Lipinski definition) is 5. The molecule has 4 rings (SSSR count). The third kappa shape index (κ3) is 5.26. The second kappa shape index (κ2) is 10.1. The van der Waals surface area contributed by atoms with Gasteiger partial charge in [-0.2, -0.15) is 0 Å². The van der Waals surface area contributed by atoms with Crippen LogP contribution in [-0.2, 0) is 9.84 Å². The summed E-state index contributed by atoms with van der Waals surface area (Å²) in [6.07, 6.45) is 1.86. The standard InChI is InChI=1S/C27H27N3O3S/c1-3-22(19-12-6-4-7-13-19)30-27(31)24-21-16-10-11-17-23(21)29-25(20-14-8-5-9-15-20)26(24)28-18-34(2,32)33/h4-17,22,28H,3,18H2,1-2H3,(H,30,31)/t22-/m0/s1. The van der Waals surface area contributed by atoms with E-state index in [9.17, 15) is 13.2 Å². The first kappa shape index (κ1) is 23.4. The Balaban J connectivity index is 1.90. The maximum absolute atomic E-state index is 13.8. The van der Waals surface area contributed by atoms with E-state index in [0.717, 1.165) is 17.4 Å². The Morgan fingerprint density at radius 1 is 0.912 bits per heavy atom. The van der Waals surface area contributed by atoms with Crippen LogP contribution in [-0.4, -0.2) is 31.4 Å². The zero-order valence-corrected chi connectivity index (χ0v) is 20.0. The zero-order valence-electron chi connectivity index (χ0n) is 19.2. The molecule has 2 N–H and O–H groups in total. The van der Waals surface area contributed by atoms with E-state index in [2.05, 4.69) is 10.6 Å². The van der Waals surface area contributed by atoms with Crippen molar-refractivity contribution < 1.29 is 13.2 Å². The van der Waals surface area contributed by atoms with Gasteiger partial charge >= 0.3 is 0 Å². The van der Waals surface area contributed by atoms with Crippen LogP contribution in [0.25, 0.3) is 22.2 Å². The first-order valence-electron chi connectivity index (χ1n) is 11.1. The van der Waals surface area contributed by atoms with Gasteiger partial charge in [0.15, 0.2) is 9.84 Å². The number of carbonyl (C=O) groups is 1. The molecule has 0 bridgehead atoms. The number of para-hydroxylation sites is 1. The molecule has 0 fully saturated rings. The fourth-order valence-electron chi connectivity index (χ4n) is 3.96. The third-order valence-corrected chi connectivity index (χ3v) is 6.26. The number of nitrogens with one attached hydrogen (secondary N) is 2. The molecule has 0 saturated heterocycles. The minimum atomic E-state index is -3.36. The lowest BCUT2D eigenvalue weighted by molar-refractivity contribution is 0.0938. The van der Waals surface area contributed by atoms with Crippen LogP contribution in [0.4, 0.5) is 5.69 Å². The highest BCUT2D eigenvalue weighted by atomic mass is 32.2. The van der Waals surface area contributed by atoms with Crippen LogP contribution in [0.15, 0.2) is 84.9 Å². The Morgan fingerprint density at radius 2 is 1.53 bits per heavy atom. The van der Waals surface area contributed by atoms with Crippen LogP contribution in [0, 0.1) is 0 Å². The fourth-order valence-corrected chi connectivity index (χ4v) is 4.37. The number of amides is 1. The van der Waals surface area contributed by atoms with Crippen LogP contribution >= 0.6 is 0 Å². The number of sulfone groups is 1. The Morgan fingerprint density at radius 3 is 2.18 bits per heavy atom. The average Bonchev–Trinajstić information content (AvgIpc) is 2.85. The van der Waals surface area contributed by atoms with Crippen LogP contribution in [0.1, 0.15) is 35.3 Å². The number of anilines is 1. The monoisotopic (exact) mass is 473 g/mol. The second-order valence-electron chi connectivity index (χ2n) is 8.19. The lowest BCUT2D eigenvalue weighted by atomic mass is 9.99. The van der Waals surface area contributed by atoms with Crippen LogP contribution in [0.3, 0.4) is 0 Å². The summed E-state index contributed by atoms with van der Waals surface area (Å²) in [4.78, 5) is 18.6. The molecule has 0 saturated carbocycles. The van der Waals surface area contributed by atoms with Crippen molar-refractivity contribution in [3.8, 4) is 11.3 Å². The van der Waals surface area contributed by atoms with Crippen LogP contribution in [0.2, 0.25) is 0 Å². The normalized spacial score (nSPS) is 12.3. The van der Waals surface area contributed by atoms with Crippen molar-refractivity contribution in [3.05, 3.63) is 96.1 Å². The summed E-state index contributed by atoms with van der Waals surface area (Å²) in [6.45, 7) is 2.01. The molecule has 6 nitrogen and oxygen atoms in total. The van der Waals surface area contributed by atoms with Gasteiger partial charge in [-0.1, -0.05) is 85.8 Å². The average molecular weight is 474 g/mol. The smallest absolute Gasteiger partial charge is 0.254 e. The summed E-state index contributed by atoms with van der Waals surface area (Å²) in [7, 11) is -3.36. The number of rotatable bonds is 8. The molecule has 0 aliphatic rings. The zero-order chi connectivity index (χ0) is 24.1. The number of fused-ring (bicyclic) bond motifs is 1. The van der Waals surface area contributed by atoms with E-state index in [-0.39, 0.29) is 17.8 Å². The Kier molecular flexibility index (Phi) is 6.93. The highest BCUT2D eigenvalue weighted by Crippen LogP contribution is 2.35. The number of carbonyl (C=O) groups excluding carboxylic acids is 1. The largest absolute Gasteiger partial charge is 0.369 e. The summed E-state index contributed by atoms with van der Waals surface area (Å²) < 4.78 is 24.0. The predicted molar refractivity (Wildman–Crippen MR) is 137 cm³/mol. The van der Waals surface area contributed by atoms with Gasteiger partial charge in [0.2, 0.25) is 0 Å². The molecular formula is C27H27N3O3S. The number of pyridine rings is 1. The Bertz CT molecular complexity index is 1410. The van der Waals surface area contributed by atoms with Crippen molar-refractivity contribution in [1.82, 2.24) is 10.3 Å². The molecule has 0 radical (unpaired) electrons. The van der Waals surface area contributed by atoms with Gasteiger partial charge in [0.1, 0.15) is 5.88 Å². The van der Waals surface area contributed by atoms with Crippen molar-refractivity contribution in [1.29, 1.82) is 0 Å². The first-order valence-corrected chi connectivity index (χ1v) is 13.2. The lowest BCUT2D eigenvalue weighted by Gasteiger charge is -2.22. The van der Waals surface area contributed by atoms with E-state index >= 15 is 0 Å². The van der Waals surface area contributed by atoms with Gasteiger partial charge in [-0.05, 0) is 18.1 Å². The molecule has 0 unspecified atom stereocenters. The molecule has 0 spiro atoms. The maximum atomic E-state index is 13.8. The van der Waals surface area contributed by atoms with E-state index in [1.54, 1.807) is 0 Å². The van der Waals surface area contributed by atoms with Crippen LogP contribution < -0.4 is 10.6 Å². The Hall–Kier alpha value is -3.71. The molecular weight excluding hydrogens is 446 g/mol. The van der Waals surface area contributed by atoms with Gasteiger partial charge in [0.25, 0.3) is 5.91 Å². The highest BCUT2D eigenvalue weighted by molar-refractivity contribution is 7.90. The molecule has 3 aromatic carbocycles. The summed E-state index contributed by atoms with van der Waals surface area (Å²) in [5.41, 5.74) is 3.75. The van der Waals surface area contributed by atoms with Gasteiger partial charge in [-0.15, -0.1) is 0 Å². The minimum absolute atomic E-state index is 0.191. The summed E-state index contributed by atoms with van der Waals surface area (Å²) in [6, 6.07) is 26.5. The SMILES string of the molecule is CC[C@H](NC(=O)c1c(NCS(C)(=O)=O)c(-c2ccccc2)nc2ccccc12)c1ccccc1. The first-order chi connectivity index (χ1) is 16.4. The molecule has 1 heterocycles. The van der Waals surface area contributed by atoms with Crippen molar-refractivity contribution in [2.45, 2.75) is 19.4 Å². The van der Waals surface area contributed by atoms with Gasteiger partial charge in [0.05, 0.1) is 28.5 Å². The predicted octanol–water partition coefficient (Wildman–Crippen LogP) is 5.20. The molecule has 1 amide bonds. The van der Waals surface area contributed by atoms with E-state index in [1.807, 2.05) is 91.9 Å². The van der Waals surface area contributed by atoms with Gasteiger partial charge < -0.3 is 10.6 Å². The topological polar surface area (TPSA) is 88.2 Å². The van der Waals surface area contributed by atoms with Gasteiger partial charge in [-0.3, -0.25) is 4.79 Å². The van der Waals surface area contributed by atoms with E-state index in [0.29, 0.717) is 34.3 Å². The van der Waals surface area contributed by atoms with Crippen LogP contribution in [0.5, 0.6) is 0 Å². The van der Waals surface area contributed by atoms with Crippen molar-refractivity contribution in [2.75, 3.05) is 17.4 Å². The summed E-state index contributed by atoms with van der Waals surface area (Å²) in [5, 5.41) is 6.82. The summed E-state index contributed by atoms with van der Waals surface area (Å²) in [5.74, 6) is -0.606. The molecule has 174 valence electrons. The molecule has 0 aliphatic carbocycles. The van der Waals surface area contributed by atoms with E-state index in [1.165, 1.54) is 0 Å². The van der Waals surface area contributed by atoms with Crippen molar-refractivity contribution in [2.24, 2.45) is 0 Å². The fraction of sp³-hybridized carbons (Fsp3) is 0.185. The molecule has 4 aromatic rings. The molecule has 0 aliphatic heterocycles. The number of nitrogens with zero attached hydrogens (tertiary/aromatic N) is 1. The number of benzene rings is 3. The number of aromatic nitrogens is 1. The van der Waals surface area contributed by atoms with Gasteiger partial charge in [0, 0.05) is 17.2 Å². The highest BCUT2D eigenvalue weighted by Gasteiger charge is 2.24. The van der Waals surface area contributed by atoms with E-state index < -0.39 is 9.84 Å². The Labute approximate surface area is 200 Å². The van der Waals surface area contributed by atoms with Gasteiger partial charge in [-0.25, -0.2) is 13.4 Å². The van der Waals surface area contributed by atoms with Crippen molar-refractivity contribution >= 4 is 32.3 Å². The quantitative estimate of drug-likeness (QED) is 0.367. The minimum Gasteiger partial charge on any atom is -0.369 e. The summed E-state index contributed by atoms with van der Waals surface area (Å²) >= 11 is 0. The third-order valence-electron chi connectivity index (χ3n) is 5.59.